The van der Waals surface area contributed by atoms with E-state index in [9.17, 15) is 4.79 Å². The molecule has 1 aliphatic rings. The Morgan fingerprint density at radius 3 is 2.40 bits per heavy atom. The normalized spacial score (nSPS) is 20.5. The number of carbonyl (C=O) groups excluding carboxylic acids is 1. The van der Waals surface area contributed by atoms with E-state index >= 15 is 0 Å². The molecule has 0 saturated carbocycles. The molecule has 3 heteroatoms. The molecule has 1 heterocycles. The van der Waals surface area contributed by atoms with Crippen molar-refractivity contribution in [3.05, 3.63) is 35.9 Å². The van der Waals surface area contributed by atoms with Crippen LogP contribution < -0.4 is 0 Å². The summed E-state index contributed by atoms with van der Waals surface area (Å²) in [6.07, 6.45) is 0.378. The van der Waals surface area contributed by atoms with E-state index in [-0.39, 0.29) is 5.97 Å². The second kappa shape index (κ2) is 5.13. The number of rotatable bonds is 2. The van der Waals surface area contributed by atoms with Gasteiger partial charge in [0.05, 0.1) is 12.1 Å². The Labute approximate surface area is 120 Å². The van der Waals surface area contributed by atoms with Crippen LogP contribution in [0.1, 0.15) is 39.7 Å². The van der Waals surface area contributed by atoms with Gasteiger partial charge in [0.25, 0.3) is 0 Å². The van der Waals surface area contributed by atoms with Crippen LogP contribution in [0.4, 0.5) is 0 Å². The largest absolute Gasteiger partial charge is 0.458 e. The van der Waals surface area contributed by atoms with E-state index in [1.165, 1.54) is 0 Å². The molecule has 1 unspecified atom stereocenters. The molecule has 0 aromatic heterocycles. The zero-order chi connectivity index (χ0) is 14.8. The molecule has 0 saturated heterocycles. The van der Waals surface area contributed by atoms with E-state index in [0.29, 0.717) is 6.42 Å². The van der Waals surface area contributed by atoms with Crippen molar-refractivity contribution in [1.29, 1.82) is 0 Å². The molecule has 1 atom stereocenters. The van der Waals surface area contributed by atoms with Gasteiger partial charge in [-0.1, -0.05) is 30.0 Å². The van der Waals surface area contributed by atoms with Crippen molar-refractivity contribution in [2.45, 2.75) is 45.3 Å². The molecular weight excluding hydrogens is 250 g/mol. The van der Waals surface area contributed by atoms with Crippen molar-refractivity contribution in [1.82, 2.24) is 0 Å². The number of aliphatic imine (C=N–C) groups is 1. The Morgan fingerprint density at radius 1 is 1.30 bits per heavy atom. The predicted molar refractivity (Wildman–Crippen MR) is 79.6 cm³/mol. The first kappa shape index (κ1) is 14.3. The minimum Gasteiger partial charge on any atom is -0.458 e. The lowest BCUT2D eigenvalue weighted by Gasteiger charge is -2.22. The van der Waals surface area contributed by atoms with Crippen molar-refractivity contribution in [3.63, 3.8) is 0 Å². The SMILES string of the molecule is CC1=NC1(CC#Cc1ccccc1)C(=O)OC(C)(C)C. The van der Waals surface area contributed by atoms with Crippen molar-refractivity contribution in [3.8, 4) is 11.8 Å². The molecule has 0 radical (unpaired) electrons. The zero-order valence-electron chi connectivity index (χ0n) is 12.4. The number of nitrogens with zero attached hydrogens (tertiary/aromatic N) is 1. The molecule has 104 valence electrons. The first-order valence-corrected chi connectivity index (χ1v) is 6.68. The van der Waals surface area contributed by atoms with Gasteiger partial charge in [-0.2, -0.15) is 0 Å². The molecule has 0 spiro atoms. The average Bonchev–Trinajstić information content (AvgIpc) is 3.01. The highest BCUT2D eigenvalue weighted by molar-refractivity contribution is 6.20. The maximum absolute atomic E-state index is 12.2. The van der Waals surface area contributed by atoms with Gasteiger partial charge in [-0.25, -0.2) is 4.79 Å². The topological polar surface area (TPSA) is 38.7 Å². The number of carbonyl (C=O) groups is 1. The van der Waals surface area contributed by atoms with Gasteiger partial charge in [0.1, 0.15) is 5.60 Å². The van der Waals surface area contributed by atoms with E-state index in [0.717, 1.165) is 11.3 Å². The molecule has 0 aliphatic carbocycles. The monoisotopic (exact) mass is 269 g/mol. The van der Waals surface area contributed by atoms with Crippen molar-refractivity contribution in [2.75, 3.05) is 0 Å². The highest BCUT2D eigenvalue weighted by atomic mass is 16.6. The van der Waals surface area contributed by atoms with Crippen molar-refractivity contribution < 1.29 is 9.53 Å². The Bertz CT molecular complexity index is 599. The van der Waals surface area contributed by atoms with Gasteiger partial charge in [0, 0.05) is 5.56 Å². The van der Waals surface area contributed by atoms with Crippen LogP contribution >= 0.6 is 0 Å². The third-order valence-corrected chi connectivity index (χ3v) is 2.99. The Kier molecular flexibility index (Phi) is 3.67. The van der Waals surface area contributed by atoms with Gasteiger partial charge in [-0.3, -0.25) is 4.99 Å². The van der Waals surface area contributed by atoms with Gasteiger partial charge >= 0.3 is 5.97 Å². The van der Waals surface area contributed by atoms with Crippen LogP contribution in [0.15, 0.2) is 35.3 Å². The molecule has 0 fully saturated rings. The highest BCUT2D eigenvalue weighted by Gasteiger charge is 2.53. The lowest BCUT2D eigenvalue weighted by Crippen LogP contribution is -2.37. The van der Waals surface area contributed by atoms with E-state index in [4.69, 9.17) is 4.74 Å². The third kappa shape index (κ3) is 3.27. The maximum Gasteiger partial charge on any atom is 0.341 e. The third-order valence-electron chi connectivity index (χ3n) is 2.99. The van der Waals surface area contributed by atoms with Crippen LogP contribution in [-0.4, -0.2) is 22.8 Å². The summed E-state index contributed by atoms with van der Waals surface area (Å²) in [5, 5.41) is 0. The fraction of sp³-hybridized carbons (Fsp3) is 0.412. The van der Waals surface area contributed by atoms with Crippen LogP contribution in [0.3, 0.4) is 0 Å². The van der Waals surface area contributed by atoms with Gasteiger partial charge in [-0.05, 0) is 39.8 Å². The average molecular weight is 269 g/mol. The smallest absolute Gasteiger partial charge is 0.341 e. The van der Waals surface area contributed by atoms with Crippen molar-refractivity contribution in [2.24, 2.45) is 4.99 Å². The standard InChI is InChI=1S/C17H19NO2/c1-13-17(18-13,15(19)20-16(2,3)4)12-8-11-14-9-6-5-7-10-14/h5-7,9-10H,12H2,1-4H3. The van der Waals surface area contributed by atoms with Crippen LogP contribution in [-0.2, 0) is 9.53 Å². The second-order valence-corrected chi connectivity index (χ2v) is 5.90. The summed E-state index contributed by atoms with van der Waals surface area (Å²) in [7, 11) is 0. The number of hydrogen-bond donors (Lipinski definition) is 0. The van der Waals surface area contributed by atoms with Crippen LogP contribution in [0.25, 0.3) is 0 Å². The van der Waals surface area contributed by atoms with Crippen LogP contribution in [0.5, 0.6) is 0 Å². The summed E-state index contributed by atoms with van der Waals surface area (Å²) in [6.45, 7) is 7.40. The zero-order valence-corrected chi connectivity index (χ0v) is 12.4. The van der Waals surface area contributed by atoms with E-state index < -0.39 is 11.1 Å². The molecule has 1 aliphatic heterocycles. The minimum absolute atomic E-state index is 0.301. The van der Waals surface area contributed by atoms with E-state index in [2.05, 4.69) is 16.8 Å². The Morgan fingerprint density at radius 2 is 1.90 bits per heavy atom. The lowest BCUT2D eigenvalue weighted by molar-refractivity contribution is -0.157. The molecular formula is C17H19NO2. The van der Waals surface area contributed by atoms with Crippen LogP contribution in [0.2, 0.25) is 0 Å². The number of esters is 1. The molecule has 0 bridgehead atoms. The summed E-state index contributed by atoms with van der Waals surface area (Å²) < 4.78 is 5.42. The van der Waals surface area contributed by atoms with Gasteiger partial charge < -0.3 is 4.74 Å². The van der Waals surface area contributed by atoms with Crippen molar-refractivity contribution >= 4 is 11.7 Å². The number of hydrogen-bond acceptors (Lipinski definition) is 3. The second-order valence-electron chi connectivity index (χ2n) is 5.90. The van der Waals surface area contributed by atoms with E-state index in [1.807, 2.05) is 58.0 Å². The highest BCUT2D eigenvalue weighted by Crippen LogP contribution is 2.34. The Balaban J connectivity index is 2.04. The maximum atomic E-state index is 12.2. The van der Waals surface area contributed by atoms with Crippen LogP contribution in [0, 0.1) is 11.8 Å². The summed E-state index contributed by atoms with van der Waals surface area (Å²) >= 11 is 0. The summed E-state index contributed by atoms with van der Waals surface area (Å²) in [5.74, 6) is 5.78. The fourth-order valence-corrected chi connectivity index (χ4v) is 1.85. The number of ether oxygens (including phenoxy) is 1. The molecule has 1 aromatic rings. The molecule has 1 aromatic carbocycles. The first-order valence-electron chi connectivity index (χ1n) is 6.68. The predicted octanol–water partition coefficient (Wildman–Crippen LogP) is 2.98. The summed E-state index contributed by atoms with van der Waals surface area (Å²) in [5.41, 5.74) is 0.393. The summed E-state index contributed by atoms with van der Waals surface area (Å²) in [4.78, 5) is 16.4. The van der Waals surface area contributed by atoms with Gasteiger partial charge in [0.15, 0.2) is 0 Å². The molecule has 0 N–H and O–H groups in total. The Hall–Kier alpha value is -2.08. The van der Waals surface area contributed by atoms with Gasteiger partial charge in [0.2, 0.25) is 5.54 Å². The number of benzene rings is 1. The summed E-state index contributed by atoms with van der Waals surface area (Å²) in [6, 6.07) is 9.70. The van der Waals surface area contributed by atoms with E-state index in [1.54, 1.807) is 0 Å². The molecule has 2 rings (SSSR count). The molecule has 0 amide bonds. The fourth-order valence-electron chi connectivity index (χ4n) is 1.85. The quantitative estimate of drug-likeness (QED) is 0.611. The first-order chi connectivity index (χ1) is 9.33. The van der Waals surface area contributed by atoms with Gasteiger partial charge in [-0.15, -0.1) is 0 Å². The molecule has 3 nitrogen and oxygen atoms in total. The lowest BCUT2D eigenvalue weighted by atomic mass is 9.99. The molecule has 20 heavy (non-hydrogen) atoms. The minimum atomic E-state index is -0.838.